The fourth-order valence-electron chi connectivity index (χ4n) is 4.82. The number of thiazole rings is 1. The molecule has 7 rings (SSSR count). The minimum absolute atomic E-state index is 0.306. The predicted molar refractivity (Wildman–Crippen MR) is 151 cm³/mol. The van der Waals surface area contributed by atoms with E-state index in [-0.39, 0.29) is 5.91 Å². The molecule has 2 aliphatic carbocycles. The number of carbonyl (C=O) groups excluding carboxylic acids is 1. The first-order valence-corrected chi connectivity index (χ1v) is 13.9. The number of rotatable bonds is 7. The average Bonchev–Trinajstić information content (AvgIpc) is 3.89. The third-order valence-electron chi connectivity index (χ3n) is 7.28. The van der Waals surface area contributed by atoms with E-state index >= 15 is 0 Å². The highest BCUT2D eigenvalue weighted by molar-refractivity contribution is 7.21. The van der Waals surface area contributed by atoms with E-state index in [1.165, 1.54) is 29.7 Å². The molecule has 4 heterocycles. The van der Waals surface area contributed by atoms with Crippen molar-refractivity contribution < 1.29 is 9.53 Å². The average molecular weight is 535 g/mol. The van der Waals surface area contributed by atoms with Crippen molar-refractivity contribution in [2.45, 2.75) is 44.4 Å². The summed E-state index contributed by atoms with van der Waals surface area (Å²) < 4.78 is 5.62. The second-order valence-corrected chi connectivity index (χ2v) is 11.2. The molecule has 4 aromatic heterocycles. The molecule has 8 nitrogen and oxygen atoms in total. The first-order valence-electron chi connectivity index (χ1n) is 13.1. The minimum atomic E-state index is -0.306. The van der Waals surface area contributed by atoms with Crippen LogP contribution in [-0.4, -0.2) is 37.9 Å². The normalized spacial score (nSPS) is 14.9. The maximum absolute atomic E-state index is 13.5. The molecule has 5 aromatic rings. The third kappa shape index (κ3) is 4.74. The molecule has 9 heteroatoms. The van der Waals surface area contributed by atoms with Crippen LogP contribution in [0.15, 0.2) is 55.0 Å². The van der Waals surface area contributed by atoms with Gasteiger partial charge in [0, 0.05) is 40.2 Å². The SMILES string of the molecule is COc1cnc(C2CC2)cc1-c1cc(C)ncc1C(=O)Nc1nc2ncc(-c3ccc(C4CC4)cc3)nc2s1. The van der Waals surface area contributed by atoms with Gasteiger partial charge < -0.3 is 4.74 Å². The summed E-state index contributed by atoms with van der Waals surface area (Å²) in [6.45, 7) is 1.91. The molecule has 0 bridgehead atoms. The van der Waals surface area contributed by atoms with Crippen LogP contribution in [0.4, 0.5) is 5.13 Å². The van der Waals surface area contributed by atoms with Gasteiger partial charge >= 0.3 is 0 Å². The zero-order valence-corrected chi connectivity index (χ0v) is 22.5. The van der Waals surface area contributed by atoms with Crippen molar-refractivity contribution in [2.24, 2.45) is 0 Å². The van der Waals surface area contributed by atoms with Gasteiger partial charge in [-0.1, -0.05) is 35.6 Å². The lowest BCUT2D eigenvalue weighted by atomic mass is 9.98. The number of fused-ring (bicyclic) bond motifs is 1. The summed E-state index contributed by atoms with van der Waals surface area (Å²) in [6.07, 6.45) is 9.89. The van der Waals surface area contributed by atoms with Crippen LogP contribution in [0.2, 0.25) is 0 Å². The standard InChI is InChI=1S/C30H26N6O2S/c1-16-11-21(22-12-24(19-9-10-19)32-15-26(22)38-2)23(13-31-16)28(37)36-30-35-27-29(39-30)34-25(14-33-27)20-7-5-18(6-8-20)17-3-4-17/h5-8,11-15,17,19H,3-4,9-10H2,1-2H3,(H,33,35,36,37). The number of nitrogens with zero attached hydrogens (tertiary/aromatic N) is 5. The summed E-state index contributed by atoms with van der Waals surface area (Å²) in [5.41, 5.74) is 7.52. The lowest BCUT2D eigenvalue weighted by molar-refractivity contribution is 0.102. The Morgan fingerprint density at radius 1 is 0.923 bits per heavy atom. The van der Waals surface area contributed by atoms with Gasteiger partial charge in [0.05, 0.1) is 30.8 Å². The van der Waals surface area contributed by atoms with Crippen molar-refractivity contribution in [3.63, 3.8) is 0 Å². The number of hydrogen-bond donors (Lipinski definition) is 1. The van der Waals surface area contributed by atoms with Crippen molar-refractivity contribution >= 4 is 32.9 Å². The number of benzene rings is 1. The Kier molecular flexibility index (Phi) is 5.81. The number of pyridine rings is 2. The highest BCUT2D eigenvalue weighted by Crippen LogP contribution is 2.43. The number of carbonyl (C=O) groups is 1. The Bertz CT molecular complexity index is 1720. The highest BCUT2D eigenvalue weighted by atomic mass is 32.1. The van der Waals surface area contributed by atoms with Gasteiger partial charge in [0.25, 0.3) is 5.91 Å². The maximum atomic E-state index is 13.5. The predicted octanol–water partition coefficient (Wildman–Crippen LogP) is 6.53. The Labute approximate surface area is 229 Å². The Morgan fingerprint density at radius 3 is 2.46 bits per heavy atom. The van der Waals surface area contributed by atoms with Gasteiger partial charge in [-0.2, -0.15) is 4.98 Å². The van der Waals surface area contributed by atoms with Crippen molar-refractivity contribution in [1.29, 1.82) is 0 Å². The highest BCUT2D eigenvalue weighted by Gasteiger charge is 2.27. The van der Waals surface area contributed by atoms with E-state index in [9.17, 15) is 4.79 Å². The van der Waals surface area contributed by atoms with Crippen LogP contribution in [-0.2, 0) is 0 Å². The van der Waals surface area contributed by atoms with E-state index in [0.717, 1.165) is 46.6 Å². The van der Waals surface area contributed by atoms with Crippen molar-refractivity contribution in [2.75, 3.05) is 12.4 Å². The van der Waals surface area contributed by atoms with Gasteiger partial charge in [-0.15, -0.1) is 0 Å². The summed E-state index contributed by atoms with van der Waals surface area (Å²) in [4.78, 5) is 37.0. The maximum Gasteiger partial charge on any atom is 0.259 e. The van der Waals surface area contributed by atoms with Crippen LogP contribution in [0.5, 0.6) is 5.75 Å². The van der Waals surface area contributed by atoms with Gasteiger partial charge in [0.15, 0.2) is 15.6 Å². The summed E-state index contributed by atoms with van der Waals surface area (Å²) in [5, 5.41) is 3.38. The van der Waals surface area contributed by atoms with E-state index in [2.05, 4.69) is 49.5 Å². The van der Waals surface area contributed by atoms with E-state index < -0.39 is 0 Å². The fourth-order valence-corrected chi connectivity index (χ4v) is 5.61. The van der Waals surface area contributed by atoms with Crippen LogP contribution in [0.3, 0.4) is 0 Å². The van der Waals surface area contributed by atoms with Crippen molar-refractivity contribution in [1.82, 2.24) is 24.9 Å². The third-order valence-corrected chi connectivity index (χ3v) is 8.13. The molecule has 0 unspecified atom stereocenters. The lowest BCUT2D eigenvalue weighted by Crippen LogP contribution is -2.14. The summed E-state index contributed by atoms with van der Waals surface area (Å²) in [6, 6.07) is 12.5. The molecule has 1 aromatic carbocycles. The number of hydrogen-bond acceptors (Lipinski definition) is 8. The van der Waals surface area contributed by atoms with E-state index in [0.29, 0.717) is 38.8 Å². The summed E-state index contributed by atoms with van der Waals surface area (Å²) in [5.74, 6) is 1.49. The van der Waals surface area contributed by atoms with E-state index in [1.54, 1.807) is 25.7 Å². The quantitative estimate of drug-likeness (QED) is 0.253. The molecule has 0 spiro atoms. The van der Waals surface area contributed by atoms with Crippen LogP contribution in [0, 0.1) is 6.92 Å². The Hall–Kier alpha value is -4.24. The van der Waals surface area contributed by atoms with E-state index in [4.69, 9.17) is 9.72 Å². The molecule has 2 fully saturated rings. The summed E-state index contributed by atoms with van der Waals surface area (Å²) in [7, 11) is 1.61. The molecule has 0 atom stereocenters. The number of nitrogens with one attached hydrogen (secondary N) is 1. The molecular weight excluding hydrogens is 508 g/mol. The number of amides is 1. The molecule has 2 saturated carbocycles. The smallest absolute Gasteiger partial charge is 0.259 e. The largest absolute Gasteiger partial charge is 0.494 e. The van der Waals surface area contributed by atoms with Crippen molar-refractivity contribution in [3.05, 3.63) is 77.5 Å². The topological polar surface area (TPSA) is 103 Å². The first kappa shape index (κ1) is 23.8. The molecule has 1 N–H and O–H groups in total. The molecule has 0 aliphatic heterocycles. The molecule has 1 amide bonds. The first-order chi connectivity index (χ1) is 19.1. The molecule has 194 valence electrons. The second-order valence-electron chi connectivity index (χ2n) is 10.2. The summed E-state index contributed by atoms with van der Waals surface area (Å²) >= 11 is 1.30. The zero-order chi connectivity index (χ0) is 26.5. The zero-order valence-electron chi connectivity index (χ0n) is 21.6. The second kappa shape index (κ2) is 9.50. The van der Waals surface area contributed by atoms with Gasteiger partial charge in [0.2, 0.25) is 0 Å². The molecule has 2 aliphatic rings. The number of ether oxygens (including phenoxy) is 1. The van der Waals surface area contributed by atoms with E-state index in [1.807, 2.05) is 19.1 Å². The van der Waals surface area contributed by atoms with Crippen molar-refractivity contribution in [3.8, 4) is 28.1 Å². The number of aromatic nitrogens is 5. The molecular formula is C30H26N6O2S. The van der Waals surface area contributed by atoms with Gasteiger partial charge in [-0.25, -0.2) is 9.97 Å². The molecule has 39 heavy (non-hydrogen) atoms. The number of methoxy groups -OCH3 is 1. The Morgan fingerprint density at radius 2 is 1.72 bits per heavy atom. The van der Waals surface area contributed by atoms with Crippen LogP contribution >= 0.6 is 11.3 Å². The van der Waals surface area contributed by atoms with Crippen LogP contribution in [0.1, 0.15) is 64.8 Å². The Balaban J connectivity index is 1.18. The minimum Gasteiger partial charge on any atom is -0.494 e. The van der Waals surface area contributed by atoms with Crippen LogP contribution < -0.4 is 10.1 Å². The molecule has 0 saturated heterocycles. The van der Waals surface area contributed by atoms with Gasteiger partial charge in [-0.3, -0.25) is 20.1 Å². The monoisotopic (exact) mass is 534 g/mol. The number of anilines is 1. The van der Waals surface area contributed by atoms with Gasteiger partial charge in [-0.05, 0) is 56.2 Å². The number of aryl methyl sites for hydroxylation is 1. The van der Waals surface area contributed by atoms with Gasteiger partial charge in [0.1, 0.15) is 5.75 Å². The fraction of sp³-hybridized carbons (Fsp3) is 0.267. The molecule has 0 radical (unpaired) electrons. The van der Waals surface area contributed by atoms with Crippen LogP contribution in [0.25, 0.3) is 32.9 Å². The lowest BCUT2D eigenvalue weighted by Gasteiger charge is -2.14.